The summed E-state index contributed by atoms with van der Waals surface area (Å²) in [5.74, 6) is -0.195. The Morgan fingerprint density at radius 1 is 0.591 bits per heavy atom. The van der Waals surface area contributed by atoms with Crippen LogP contribution in [0.5, 0.6) is 0 Å². The van der Waals surface area contributed by atoms with Gasteiger partial charge in [0, 0.05) is 5.41 Å². The van der Waals surface area contributed by atoms with Crippen molar-refractivity contribution in [2.24, 2.45) is 0 Å². The highest BCUT2D eigenvalue weighted by Gasteiger charge is 2.22. The van der Waals surface area contributed by atoms with Gasteiger partial charge in [0.25, 0.3) is 0 Å². The Morgan fingerprint density at radius 2 is 1.05 bits per heavy atom. The molecule has 0 saturated carbocycles. The van der Waals surface area contributed by atoms with Crippen LogP contribution in [0.4, 0.5) is 4.39 Å². The molecule has 1 heteroatoms. The minimum Gasteiger partial charge on any atom is -0.207 e. The van der Waals surface area contributed by atoms with Crippen LogP contribution >= 0.6 is 0 Å². The third kappa shape index (κ3) is 2.80. The standard InChI is InChI=1S/C21H19F/c1-21(2,19-12-14-20(22)15-13-19)18-10-8-17(9-11-18)16-6-4-3-5-7-16/h3-15H,1-2H3. The molecule has 3 aromatic rings. The fourth-order valence-corrected chi connectivity index (χ4v) is 2.74. The van der Waals surface area contributed by atoms with Crippen molar-refractivity contribution in [2.45, 2.75) is 19.3 Å². The van der Waals surface area contributed by atoms with Crippen LogP contribution in [-0.2, 0) is 5.41 Å². The molecule has 0 unspecified atom stereocenters. The summed E-state index contributed by atoms with van der Waals surface area (Å²) in [5.41, 5.74) is 4.61. The Labute approximate surface area is 131 Å². The molecule has 3 rings (SSSR count). The maximum Gasteiger partial charge on any atom is 0.123 e. The van der Waals surface area contributed by atoms with Crippen LogP contribution in [-0.4, -0.2) is 0 Å². The van der Waals surface area contributed by atoms with Crippen molar-refractivity contribution < 1.29 is 4.39 Å². The summed E-state index contributed by atoms with van der Waals surface area (Å²) in [6.45, 7) is 4.33. The maximum atomic E-state index is 13.1. The highest BCUT2D eigenvalue weighted by atomic mass is 19.1. The summed E-state index contributed by atoms with van der Waals surface area (Å²) in [5, 5.41) is 0. The van der Waals surface area contributed by atoms with Gasteiger partial charge < -0.3 is 0 Å². The SMILES string of the molecule is CC(C)(c1ccc(F)cc1)c1ccc(-c2ccccc2)cc1. The van der Waals surface area contributed by atoms with Gasteiger partial charge in [-0.25, -0.2) is 4.39 Å². The molecule has 0 aromatic heterocycles. The van der Waals surface area contributed by atoms with E-state index >= 15 is 0 Å². The van der Waals surface area contributed by atoms with Gasteiger partial charge in [0.05, 0.1) is 0 Å². The van der Waals surface area contributed by atoms with Crippen LogP contribution < -0.4 is 0 Å². The fraction of sp³-hybridized carbons (Fsp3) is 0.143. The van der Waals surface area contributed by atoms with E-state index in [2.05, 4.69) is 50.2 Å². The molecule has 0 heterocycles. The van der Waals surface area contributed by atoms with Gasteiger partial charge in [0.15, 0.2) is 0 Å². The molecule has 0 aliphatic carbocycles. The largest absolute Gasteiger partial charge is 0.207 e. The van der Waals surface area contributed by atoms with Gasteiger partial charge in [0.2, 0.25) is 0 Å². The van der Waals surface area contributed by atoms with Crippen molar-refractivity contribution in [1.82, 2.24) is 0 Å². The minimum absolute atomic E-state index is 0.150. The second-order valence-corrected chi connectivity index (χ2v) is 6.08. The predicted octanol–water partition coefficient (Wildman–Crippen LogP) is 5.82. The lowest BCUT2D eigenvalue weighted by atomic mass is 9.78. The first-order valence-corrected chi connectivity index (χ1v) is 7.49. The van der Waals surface area contributed by atoms with E-state index < -0.39 is 0 Å². The molecular formula is C21H19F. The van der Waals surface area contributed by atoms with Crippen LogP contribution in [0.25, 0.3) is 11.1 Å². The predicted molar refractivity (Wildman–Crippen MR) is 90.4 cm³/mol. The molecule has 3 aromatic carbocycles. The zero-order chi connectivity index (χ0) is 15.6. The van der Waals surface area contributed by atoms with Crippen LogP contribution in [0.15, 0.2) is 78.9 Å². The summed E-state index contributed by atoms with van der Waals surface area (Å²) in [6, 6.07) is 25.7. The number of halogens is 1. The van der Waals surface area contributed by atoms with Gasteiger partial charge in [0.1, 0.15) is 5.82 Å². The van der Waals surface area contributed by atoms with Gasteiger partial charge in [-0.05, 0) is 34.4 Å². The van der Waals surface area contributed by atoms with Gasteiger partial charge in [-0.15, -0.1) is 0 Å². The Bertz CT molecular complexity index is 738. The van der Waals surface area contributed by atoms with Gasteiger partial charge >= 0.3 is 0 Å². The van der Waals surface area contributed by atoms with Crippen molar-refractivity contribution in [3.8, 4) is 11.1 Å². The number of hydrogen-bond acceptors (Lipinski definition) is 0. The molecule has 0 saturated heterocycles. The van der Waals surface area contributed by atoms with Crippen molar-refractivity contribution in [3.05, 3.63) is 95.8 Å². The van der Waals surface area contributed by atoms with Gasteiger partial charge in [-0.1, -0.05) is 80.6 Å². The van der Waals surface area contributed by atoms with Gasteiger partial charge in [-0.3, -0.25) is 0 Å². The van der Waals surface area contributed by atoms with Crippen LogP contribution in [0.2, 0.25) is 0 Å². The number of hydrogen-bond donors (Lipinski definition) is 0. The molecule has 0 aliphatic rings. The Balaban J connectivity index is 1.93. The third-order valence-electron chi connectivity index (χ3n) is 4.28. The third-order valence-corrected chi connectivity index (χ3v) is 4.28. The molecule has 0 nitrogen and oxygen atoms in total. The van der Waals surface area contributed by atoms with E-state index in [1.807, 2.05) is 30.3 Å². The van der Waals surface area contributed by atoms with Crippen molar-refractivity contribution in [2.75, 3.05) is 0 Å². The first-order valence-electron chi connectivity index (χ1n) is 7.49. The zero-order valence-corrected chi connectivity index (χ0v) is 12.9. The van der Waals surface area contributed by atoms with Gasteiger partial charge in [-0.2, -0.15) is 0 Å². The minimum atomic E-state index is -0.195. The normalized spacial score (nSPS) is 11.4. The lowest BCUT2D eigenvalue weighted by Gasteiger charge is -2.26. The molecule has 0 fully saturated rings. The van der Waals surface area contributed by atoms with Crippen LogP contribution in [0, 0.1) is 5.82 Å². The first-order chi connectivity index (χ1) is 10.6. The lowest BCUT2D eigenvalue weighted by molar-refractivity contribution is 0.614. The number of benzene rings is 3. The average molecular weight is 290 g/mol. The maximum absolute atomic E-state index is 13.1. The molecule has 0 atom stereocenters. The lowest BCUT2D eigenvalue weighted by Crippen LogP contribution is -2.18. The second-order valence-electron chi connectivity index (χ2n) is 6.08. The van der Waals surface area contributed by atoms with E-state index in [1.165, 1.54) is 28.8 Å². The van der Waals surface area contributed by atoms with Crippen LogP contribution in [0.1, 0.15) is 25.0 Å². The summed E-state index contributed by atoms with van der Waals surface area (Å²) in [7, 11) is 0. The molecular weight excluding hydrogens is 271 g/mol. The van der Waals surface area contributed by atoms with E-state index in [4.69, 9.17) is 0 Å². The summed E-state index contributed by atoms with van der Waals surface area (Å²) >= 11 is 0. The first kappa shape index (κ1) is 14.5. The van der Waals surface area contributed by atoms with Crippen LogP contribution in [0.3, 0.4) is 0 Å². The topological polar surface area (TPSA) is 0 Å². The zero-order valence-electron chi connectivity index (χ0n) is 12.9. The van der Waals surface area contributed by atoms with E-state index in [1.54, 1.807) is 0 Å². The van der Waals surface area contributed by atoms with Crippen molar-refractivity contribution in [1.29, 1.82) is 0 Å². The molecule has 0 bridgehead atoms. The molecule has 0 amide bonds. The molecule has 0 radical (unpaired) electrons. The summed E-state index contributed by atoms with van der Waals surface area (Å²) in [6.07, 6.45) is 0. The fourth-order valence-electron chi connectivity index (χ4n) is 2.74. The van der Waals surface area contributed by atoms with E-state index in [0.29, 0.717) is 0 Å². The summed E-state index contributed by atoms with van der Waals surface area (Å²) < 4.78 is 13.1. The quantitative estimate of drug-likeness (QED) is 0.570. The molecule has 0 spiro atoms. The molecule has 22 heavy (non-hydrogen) atoms. The number of rotatable bonds is 3. The van der Waals surface area contributed by atoms with Crippen molar-refractivity contribution in [3.63, 3.8) is 0 Å². The molecule has 110 valence electrons. The molecule has 0 aliphatic heterocycles. The smallest absolute Gasteiger partial charge is 0.123 e. The highest BCUT2D eigenvalue weighted by Crippen LogP contribution is 2.32. The highest BCUT2D eigenvalue weighted by molar-refractivity contribution is 5.63. The monoisotopic (exact) mass is 290 g/mol. The Morgan fingerprint density at radius 3 is 1.59 bits per heavy atom. The van der Waals surface area contributed by atoms with E-state index in [9.17, 15) is 4.39 Å². The Hall–Kier alpha value is -2.41. The Kier molecular flexibility index (Phi) is 3.81. The van der Waals surface area contributed by atoms with Crippen molar-refractivity contribution >= 4 is 0 Å². The van der Waals surface area contributed by atoms with E-state index in [-0.39, 0.29) is 11.2 Å². The second kappa shape index (κ2) is 5.76. The summed E-state index contributed by atoms with van der Waals surface area (Å²) in [4.78, 5) is 0. The molecule has 0 N–H and O–H groups in total. The average Bonchev–Trinajstić information content (AvgIpc) is 2.56. The van der Waals surface area contributed by atoms with E-state index in [0.717, 1.165) is 5.56 Å².